The molecule has 2 aliphatic rings. The third kappa shape index (κ3) is 3.33. The second-order valence-corrected chi connectivity index (χ2v) is 7.06. The maximum atomic E-state index is 12.3. The molecule has 2 fully saturated rings. The van der Waals surface area contributed by atoms with Crippen molar-refractivity contribution < 1.29 is 9.90 Å². The molecular formula is C16H26N4O2. The van der Waals surface area contributed by atoms with Crippen LogP contribution < -0.4 is 11.1 Å². The predicted octanol–water partition coefficient (Wildman–Crippen LogP) is 0.576. The van der Waals surface area contributed by atoms with E-state index in [9.17, 15) is 9.90 Å². The molecule has 0 unspecified atom stereocenters. The molecule has 1 heterocycles. The van der Waals surface area contributed by atoms with E-state index in [0.717, 1.165) is 38.1 Å². The highest BCUT2D eigenvalue weighted by Crippen LogP contribution is 2.46. The minimum Gasteiger partial charge on any atom is -0.391 e. The molecule has 0 saturated heterocycles. The van der Waals surface area contributed by atoms with E-state index in [-0.39, 0.29) is 23.3 Å². The highest BCUT2D eigenvalue weighted by atomic mass is 16.3. The lowest BCUT2D eigenvalue weighted by Crippen LogP contribution is -2.45. The normalized spacial score (nSPS) is 30.0. The number of carbonyl (C=O) groups is 1. The third-order valence-corrected chi connectivity index (χ3v) is 5.26. The van der Waals surface area contributed by atoms with E-state index in [1.807, 2.05) is 19.3 Å². The number of nitrogens with two attached hydrogens (primary N) is 1. The summed E-state index contributed by atoms with van der Waals surface area (Å²) in [7, 11) is 0. The van der Waals surface area contributed by atoms with Crippen molar-refractivity contribution in [3.63, 3.8) is 0 Å². The van der Waals surface area contributed by atoms with Gasteiger partial charge in [0.2, 0.25) is 5.91 Å². The fourth-order valence-corrected chi connectivity index (χ4v) is 3.33. The third-order valence-electron chi connectivity index (χ3n) is 5.26. The number of nitrogens with zero attached hydrogens (tertiary/aromatic N) is 2. The summed E-state index contributed by atoms with van der Waals surface area (Å²) in [6.07, 6.45) is 7.53. The van der Waals surface area contributed by atoms with Crippen molar-refractivity contribution in [3.8, 4) is 0 Å². The Morgan fingerprint density at radius 1 is 1.55 bits per heavy atom. The summed E-state index contributed by atoms with van der Waals surface area (Å²) in [6.45, 7) is 3.63. The Bertz CT molecular complexity index is 538. The topological polar surface area (TPSA) is 93.2 Å². The number of carbonyl (C=O) groups excluding carboxylic acids is 1. The molecule has 3 atom stereocenters. The first-order valence-corrected chi connectivity index (χ1v) is 8.18. The van der Waals surface area contributed by atoms with E-state index in [1.54, 1.807) is 0 Å². The predicted molar refractivity (Wildman–Crippen MR) is 83.0 cm³/mol. The number of rotatable bonds is 5. The summed E-state index contributed by atoms with van der Waals surface area (Å²) in [4.78, 5) is 16.6. The molecule has 6 nitrogen and oxygen atoms in total. The largest absolute Gasteiger partial charge is 0.391 e. The fourth-order valence-electron chi connectivity index (χ4n) is 3.33. The zero-order chi connectivity index (χ0) is 15.7. The molecule has 122 valence electrons. The molecule has 1 aromatic heterocycles. The van der Waals surface area contributed by atoms with Crippen LogP contribution in [0.5, 0.6) is 0 Å². The van der Waals surface area contributed by atoms with Crippen molar-refractivity contribution in [2.45, 2.75) is 57.7 Å². The Kier molecular flexibility index (Phi) is 4.23. The Labute approximate surface area is 131 Å². The van der Waals surface area contributed by atoms with Gasteiger partial charge < -0.3 is 20.7 Å². The van der Waals surface area contributed by atoms with Crippen molar-refractivity contribution in [1.82, 2.24) is 14.9 Å². The number of aryl methyl sites for hydroxylation is 1. The Hall–Kier alpha value is -1.40. The van der Waals surface area contributed by atoms with Gasteiger partial charge in [-0.2, -0.15) is 0 Å². The molecule has 0 bridgehead atoms. The van der Waals surface area contributed by atoms with Crippen LogP contribution in [-0.2, 0) is 11.3 Å². The van der Waals surface area contributed by atoms with E-state index in [2.05, 4.69) is 14.9 Å². The van der Waals surface area contributed by atoms with Gasteiger partial charge in [0.25, 0.3) is 0 Å². The zero-order valence-corrected chi connectivity index (χ0v) is 13.2. The smallest absolute Gasteiger partial charge is 0.223 e. The van der Waals surface area contributed by atoms with Crippen LogP contribution in [0.25, 0.3) is 0 Å². The van der Waals surface area contributed by atoms with Gasteiger partial charge in [0, 0.05) is 42.9 Å². The van der Waals surface area contributed by atoms with Gasteiger partial charge >= 0.3 is 0 Å². The number of aromatic nitrogens is 2. The minimum absolute atomic E-state index is 0.0691. The second-order valence-electron chi connectivity index (χ2n) is 7.06. The summed E-state index contributed by atoms with van der Waals surface area (Å²) < 4.78 is 2.16. The van der Waals surface area contributed by atoms with Crippen LogP contribution in [-0.4, -0.2) is 39.3 Å². The van der Waals surface area contributed by atoms with Crippen LogP contribution in [0.4, 0.5) is 0 Å². The molecule has 3 rings (SSSR count). The molecule has 0 aromatic carbocycles. The van der Waals surface area contributed by atoms with E-state index in [0.29, 0.717) is 13.0 Å². The number of hydrogen-bond acceptors (Lipinski definition) is 4. The number of imidazole rings is 1. The molecule has 1 amide bonds. The molecule has 0 aliphatic heterocycles. The molecule has 0 radical (unpaired) electrons. The lowest BCUT2D eigenvalue weighted by molar-refractivity contribution is -0.127. The van der Waals surface area contributed by atoms with Crippen LogP contribution in [0.1, 0.15) is 37.9 Å². The van der Waals surface area contributed by atoms with E-state index in [1.165, 1.54) is 0 Å². The zero-order valence-electron chi connectivity index (χ0n) is 13.2. The lowest BCUT2D eigenvalue weighted by atomic mass is 9.83. The van der Waals surface area contributed by atoms with Gasteiger partial charge in [0.1, 0.15) is 5.82 Å². The van der Waals surface area contributed by atoms with Crippen LogP contribution in [0.3, 0.4) is 0 Å². The molecule has 2 saturated carbocycles. The van der Waals surface area contributed by atoms with Crippen molar-refractivity contribution in [2.24, 2.45) is 17.1 Å². The summed E-state index contributed by atoms with van der Waals surface area (Å²) in [5, 5.41) is 12.9. The van der Waals surface area contributed by atoms with Crippen molar-refractivity contribution in [3.05, 3.63) is 18.2 Å². The lowest BCUT2D eigenvalue weighted by Gasteiger charge is -2.30. The average molecular weight is 306 g/mol. The van der Waals surface area contributed by atoms with Crippen LogP contribution in [0, 0.1) is 18.3 Å². The highest BCUT2D eigenvalue weighted by Gasteiger charge is 2.43. The number of hydrogen-bond donors (Lipinski definition) is 3. The Balaban J connectivity index is 1.50. The quantitative estimate of drug-likeness (QED) is 0.741. The number of amides is 1. The van der Waals surface area contributed by atoms with Crippen molar-refractivity contribution in [1.29, 1.82) is 0 Å². The maximum Gasteiger partial charge on any atom is 0.223 e. The second kappa shape index (κ2) is 6.01. The van der Waals surface area contributed by atoms with Crippen molar-refractivity contribution in [2.75, 3.05) is 6.54 Å². The van der Waals surface area contributed by atoms with Crippen LogP contribution in [0.2, 0.25) is 0 Å². The maximum absolute atomic E-state index is 12.3. The fraction of sp³-hybridized carbons (Fsp3) is 0.750. The first-order valence-electron chi connectivity index (χ1n) is 8.18. The molecule has 6 heteroatoms. The molecule has 22 heavy (non-hydrogen) atoms. The van der Waals surface area contributed by atoms with Gasteiger partial charge in [-0.3, -0.25) is 4.79 Å². The van der Waals surface area contributed by atoms with Gasteiger partial charge in [-0.25, -0.2) is 4.98 Å². The molecule has 2 aliphatic carbocycles. The van der Waals surface area contributed by atoms with Gasteiger partial charge in [-0.1, -0.05) is 0 Å². The van der Waals surface area contributed by atoms with Gasteiger partial charge in [0.05, 0.1) is 6.10 Å². The summed E-state index contributed by atoms with van der Waals surface area (Å²) in [5.74, 6) is 0.988. The SMILES string of the molecule is Cc1nccn1CC1(CNC(=O)[C@H]2CC[C@H](N)[C@@H](O)C2)CC1. The highest BCUT2D eigenvalue weighted by molar-refractivity contribution is 5.78. The minimum atomic E-state index is -0.548. The van der Waals surface area contributed by atoms with Crippen molar-refractivity contribution >= 4 is 5.91 Å². The van der Waals surface area contributed by atoms with Crippen LogP contribution in [0.15, 0.2) is 12.4 Å². The monoisotopic (exact) mass is 306 g/mol. The molecule has 4 N–H and O–H groups in total. The van der Waals surface area contributed by atoms with E-state index < -0.39 is 6.10 Å². The standard InChI is InChI=1S/C16H26N4O2/c1-11-18-6-7-20(11)10-16(4-5-16)9-19-15(22)12-2-3-13(17)14(21)8-12/h6-7,12-14,21H,2-5,8-10,17H2,1H3,(H,19,22)/t12-,13-,14-/m0/s1. The first kappa shape index (κ1) is 15.5. The van der Waals surface area contributed by atoms with E-state index >= 15 is 0 Å². The Morgan fingerprint density at radius 2 is 2.32 bits per heavy atom. The van der Waals surface area contributed by atoms with Gasteiger partial charge in [-0.15, -0.1) is 0 Å². The average Bonchev–Trinajstić information content (AvgIpc) is 3.15. The molecule has 1 aromatic rings. The van der Waals surface area contributed by atoms with Gasteiger partial charge in [-0.05, 0) is 39.0 Å². The van der Waals surface area contributed by atoms with Crippen LogP contribution >= 0.6 is 0 Å². The Morgan fingerprint density at radius 3 is 2.91 bits per heavy atom. The molecular weight excluding hydrogens is 280 g/mol. The number of aliphatic hydroxyl groups excluding tert-OH is 1. The van der Waals surface area contributed by atoms with Gasteiger partial charge in [0.15, 0.2) is 0 Å². The summed E-state index contributed by atoms with van der Waals surface area (Å²) in [5.41, 5.74) is 5.98. The number of aliphatic hydroxyl groups is 1. The number of nitrogens with one attached hydrogen (secondary N) is 1. The van der Waals surface area contributed by atoms with E-state index in [4.69, 9.17) is 5.73 Å². The first-order chi connectivity index (χ1) is 10.5. The summed E-state index contributed by atoms with van der Waals surface area (Å²) >= 11 is 0. The molecule has 0 spiro atoms. The summed E-state index contributed by atoms with van der Waals surface area (Å²) in [6, 6.07) is -0.178.